The first-order chi connectivity index (χ1) is 9.29. The number of halogens is 1. The van der Waals surface area contributed by atoms with Crippen molar-refractivity contribution in [2.75, 3.05) is 46.6 Å². The molecule has 0 saturated carbocycles. The van der Waals surface area contributed by atoms with E-state index in [0.29, 0.717) is 17.9 Å². The van der Waals surface area contributed by atoms with Gasteiger partial charge in [-0.25, -0.2) is 4.79 Å². The van der Waals surface area contributed by atoms with Crippen LogP contribution < -0.4 is 17.1 Å². The summed E-state index contributed by atoms with van der Waals surface area (Å²) in [6.45, 7) is 4.45. The van der Waals surface area contributed by atoms with Crippen LogP contribution in [0.3, 0.4) is 0 Å². The molecule has 0 amide bonds. The second-order valence-electron chi connectivity index (χ2n) is 4.32. The van der Waals surface area contributed by atoms with E-state index < -0.39 is 0 Å². The number of hydrogen-bond donors (Lipinski definition) is 0. The van der Waals surface area contributed by atoms with Gasteiger partial charge in [-0.05, 0) is 18.2 Å². The van der Waals surface area contributed by atoms with Gasteiger partial charge >= 0.3 is 5.97 Å². The molecule has 0 atom stereocenters. The van der Waals surface area contributed by atoms with Crippen LogP contribution in [0.1, 0.15) is 10.4 Å². The molecule has 20 heavy (non-hydrogen) atoms. The van der Waals surface area contributed by atoms with E-state index in [2.05, 4.69) is 4.90 Å². The molecule has 0 N–H and O–H groups in total. The average molecular weight is 301 g/mol. The van der Waals surface area contributed by atoms with E-state index >= 15 is 0 Å². The van der Waals surface area contributed by atoms with Gasteiger partial charge in [-0.2, -0.15) is 0 Å². The summed E-state index contributed by atoms with van der Waals surface area (Å²) >= 11 is 0. The molecule has 0 unspecified atom stereocenters. The summed E-state index contributed by atoms with van der Waals surface area (Å²) in [5.41, 5.74) is 0.515. The van der Waals surface area contributed by atoms with Crippen LogP contribution in [0.15, 0.2) is 24.3 Å². The number of nitrogens with zero attached hydrogens (tertiary/aromatic N) is 1. The van der Waals surface area contributed by atoms with Crippen molar-refractivity contribution in [2.45, 2.75) is 0 Å². The molecule has 1 fully saturated rings. The molecule has 0 radical (unpaired) electrons. The van der Waals surface area contributed by atoms with Crippen LogP contribution >= 0.6 is 0 Å². The third-order valence-electron chi connectivity index (χ3n) is 3.05. The van der Waals surface area contributed by atoms with Crippen LogP contribution in [-0.2, 0) is 9.47 Å². The van der Waals surface area contributed by atoms with Crippen molar-refractivity contribution >= 4 is 5.97 Å². The van der Waals surface area contributed by atoms with E-state index in [-0.39, 0.29) is 18.4 Å². The molecule has 1 aromatic rings. The molecule has 1 heterocycles. The largest absolute Gasteiger partial charge is 1.00 e. The van der Waals surface area contributed by atoms with Crippen LogP contribution in [0.5, 0.6) is 5.75 Å². The maximum Gasteiger partial charge on any atom is 0.338 e. The second kappa shape index (κ2) is 8.79. The fraction of sp³-hybridized carbons (Fsp3) is 0.500. The molecule has 0 aromatic heterocycles. The van der Waals surface area contributed by atoms with Crippen molar-refractivity contribution in [3.63, 3.8) is 0 Å². The molecule has 112 valence electrons. The number of morpholine rings is 1. The lowest BCUT2D eigenvalue weighted by molar-refractivity contribution is -0.0000369. The highest BCUT2D eigenvalue weighted by Gasteiger charge is 2.12. The van der Waals surface area contributed by atoms with E-state index in [1.165, 1.54) is 0 Å². The monoisotopic (exact) mass is 300 g/mol. The Morgan fingerprint density at radius 3 is 2.80 bits per heavy atom. The van der Waals surface area contributed by atoms with Crippen molar-refractivity contribution in [1.29, 1.82) is 0 Å². The number of carbonyl (C=O) groups is 1. The Hall–Kier alpha value is -1.30. The molecule has 0 aliphatic carbocycles. The molecule has 1 saturated heterocycles. The Morgan fingerprint density at radius 1 is 1.35 bits per heavy atom. The SMILES string of the molecule is COc1cccc(C(=O)OCCN2CCOCC2)c1.[Cl-]. The molecule has 1 aliphatic heterocycles. The van der Waals surface area contributed by atoms with Gasteiger partial charge in [-0.15, -0.1) is 0 Å². The first-order valence-electron chi connectivity index (χ1n) is 6.41. The predicted molar refractivity (Wildman–Crippen MR) is 70.5 cm³/mol. The Bertz CT molecular complexity index is 421. The molecule has 5 nitrogen and oxygen atoms in total. The summed E-state index contributed by atoms with van der Waals surface area (Å²) in [5.74, 6) is 0.342. The Balaban J connectivity index is 0.00000200. The summed E-state index contributed by atoms with van der Waals surface area (Å²) in [5, 5.41) is 0. The fourth-order valence-electron chi connectivity index (χ4n) is 1.93. The lowest BCUT2D eigenvalue weighted by Gasteiger charge is -2.26. The second-order valence-corrected chi connectivity index (χ2v) is 4.32. The van der Waals surface area contributed by atoms with Crippen molar-refractivity contribution in [3.05, 3.63) is 29.8 Å². The standard InChI is InChI=1S/C14H19NO4.ClH/c1-17-13-4-2-3-12(11-13)14(16)19-10-7-15-5-8-18-9-6-15;/h2-4,11H,5-10H2,1H3;1H/p-1. The molecule has 1 aromatic carbocycles. The zero-order valence-electron chi connectivity index (χ0n) is 11.5. The summed E-state index contributed by atoms with van der Waals surface area (Å²) in [6, 6.07) is 6.97. The van der Waals surface area contributed by atoms with E-state index in [0.717, 1.165) is 32.8 Å². The van der Waals surface area contributed by atoms with Gasteiger partial charge in [0.05, 0.1) is 25.9 Å². The van der Waals surface area contributed by atoms with Crippen LogP contribution in [0.25, 0.3) is 0 Å². The van der Waals surface area contributed by atoms with E-state index in [4.69, 9.17) is 14.2 Å². The third-order valence-corrected chi connectivity index (χ3v) is 3.05. The van der Waals surface area contributed by atoms with Gasteiger partial charge in [0.25, 0.3) is 0 Å². The third kappa shape index (κ3) is 5.00. The first kappa shape index (κ1) is 16.8. The molecule has 0 spiro atoms. The van der Waals surface area contributed by atoms with E-state index in [1.54, 1.807) is 31.4 Å². The first-order valence-corrected chi connectivity index (χ1v) is 6.41. The number of hydrogen-bond acceptors (Lipinski definition) is 5. The summed E-state index contributed by atoms with van der Waals surface area (Å²) in [4.78, 5) is 14.1. The zero-order chi connectivity index (χ0) is 13.5. The van der Waals surface area contributed by atoms with Crippen LogP contribution in [0, 0.1) is 0 Å². The number of benzene rings is 1. The topological polar surface area (TPSA) is 48.0 Å². The smallest absolute Gasteiger partial charge is 0.338 e. The molecular weight excluding hydrogens is 282 g/mol. The molecule has 1 aliphatic rings. The molecular formula is C14H19ClNO4-. The van der Waals surface area contributed by atoms with Gasteiger partial charge in [-0.1, -0.05) is 6.07 Å². The maximum absolute atomic E-state index is 11.8. The molecule has 6 heteroatoms. The summed E-state index contributed by atoms with van der Waals surface area (Å²) in [6.07, 6.45) is 0. The minimum atomic E-state index is -0.313. The van der Waals surface area contributed by atoms with Crippen LogP contribution in [0.4, 0.5) is 0 Å². The van der Waals surface area contributed by atoms with E-state index in [9.17, 15) is 4.79 Å². The predicted octanol–water partition coefficient (Wildman–Crippen LogP) is -1.81. The van der Waals surface area contributed by atoms with Crippen molar-refractivity contribution in [3.8, 4) is 5.75 Å². The lowest BCUT2D eigenvalue weighted by Crippen LogP contribution is -3.00. The molecule has 0 bridgehead atoms. The van der Waals surface area contributed by atoms with Gasteiger partial charge in [0.15, 0.2) is 0 Å². The number of esters is 1. The van der Waals surface area contributed by atoms with Gasteiger partial charge in [0, 0.05) is 19.6 Å². The van der Waals surface area contributed by atoms with E-state index in [1.807, 2.05) is 0 Å². The van der Waals surface area contributed by atoms with Gasteiger partial charge in [-0.3, -0.25) is 4.90 Å². The highest BCUT2D eigenvalue weighted by atomic mass is 35.5. The fourth-order valence-corrected chi connectivity index (χ4v) is 1.93. The summed E-state index contributed by atoms with van der Waals surface area (Å²) in [7, 11) is 1.57. The van der Waals surface area contributed by atoms with Gasteiger partial charge in [0.1, 0.15) is 12.4 Å². The minimum Gasteiger partial charge on any atom is -1.00 e. The number of rotatable bonds is 5. The lowest BCUT2D eigenvalue weighted by atomic mass is 10.2. The van der Waals surface area contributed by atoms with Crippen molar-refractivity contribution < 1.29 is 31.4 Å². The quantitative estimate of drug-likeness (QED) is 0.600. The molecule has 2 rings (SSSR count). The summed E-state index contributed by atoms with van der Waals surface area (Å²) < 4.78 is 15.6. The average Bonchev–Trinajstić information content (AvgIpc) is 2.48. The Kier molecular flexibility index (Phi) is 7.36. The zero-order valence-corrected chi connectivity index (χ0v) is 12.3. The Labute approximate surface area is 125 Å². The highest BCUT2D eigenvalue weighted by Crippen LogP contribution is 2.13. The number of ether oxygens (including phenoxy) is 3. The Morgan fingerprint density at radius 2 is 2.10 bits per heavy atom. The maximum atomic E-state index is 11.8. The van der Waals surface area contributed by atoms with Gasteiger partial charge < -0.3 is 26.6 Å². The van der Waals surface area contributed by atoms with Gasteiger partial charge in [0.2, 0.25) is 0 Å². The minimum absolute atomic E-state index is 0. The number of carbonyl (C=O) groups excluding carboxylic acids is 1. The normalized spacial score (nSPS) is 15.2. The van der Waals surface area contributed by atoms with Crippen LogP contribution in [0.2, 0.25) is 0 Å². The van der Waals surface area contributed by atoms with Crippen molar-refractivity contribution in [2.24, 2.45) is 0 Å². The highest BCUT2D eigenvalue weighted by molar-refractivity contribution is 5.89. The van der Waals surface area contributed by atoms with Crippen LogP contribution in [-0.4, -0.2) is 57.4 Å². The number of methoxy groups -OCH3 is 1. The van der Waals surface area contributed by atoms with Crippen molar-refractivity contribution in [1.82, 2.24) is 4.90 Å².